The highest BCUT2D eigenvalue weighted by Crippen LogP contribution is 2.46. The lowest BCUT2D eigenvalue weighted by Crippen LogP contribution is -2.42. The molecule has 0 radical (unpaired) electrons. The van der Waals surface area contributed by atoms with Crippen molar-refractivity contribution in [3.8, 4) is 16.9 Å². The highest BCUT2D eigenvalue weighted by molar-refractivity contribution is 5.69. The molecule has 1 N–H and O–H groups in total. The third-order valence-corrected chi connectivity index (χ3v) is 5.42. The second-order valence-electron chi connectivity index (χ2n) is 8.64. The summed E-state index contributed by atoms with van der Waals surface area (Å²) in [6.45, 7) is 9.45. The first kappa shape index (κ1) is 22.7. The molecule has 0 spiro atoms. The highest BCUT2D eigenvalue weighted by atomic mass is 19.4. The van der Waals surface area contributed by atoms with Crippen molar-refractivity contribution in [2.24, 2.45) is 5.41 Å². The van der Waals surface area contributed by atoms with Gasteiger partial charge in [-0.05, 0) is 59.2 Å². The van der Waals surface area contributed by atoms with Crippen LogP contribution in [0.15, 0.2) is 55.1 Å². The van der Waals surface area contributed by atoms with E-state index >= 15 is 0 Å². The second-order valence-corrected chi connectivity index (χ2v) is 8.64. The van der Waals surface area contributed by atoms with Gasteiger partial charge in [0, 0.05) is 18.0 Å². The molecule has 0 amide bonds. The molecule has 1 aromatic heterocycles. The molecule has 1 atom stereocenters. The van der Waals surface area contributed by atoms with Crippen LogP contribution in [0.3, 0.4) is 0 Å². The summed E-state index contributed by atoms with van der Waals surface area (Å²) in [6.07, 6.45) is -0.105. The van der Waals surface area contributed by atoms with Crippen molar-refractivity contribution in [3.05, 3.63) is 77.4 Å². The van der Waals surface area contributed by atoms with Crippen LogP contribution < -0.4 is 4.74 Å². The topological polar surface area (TPSA) is 55.2 Å². The lowest BCUT2D eigenvalue weighted by molar-refractivity contribution is -0.274. The average Bonchev–Trinajstić information content (AvgIpc) is 2.66. The molecule has 0 aliphatic carbocycles. The summed E-state index contributed by atoms with van der Waals surface area (Å²) in [5.74, 6) is -0.256. The van der Waals surface area contributed by atoms with Crippen LogP contribution in [0.2, 0.25) is 0 Å². The standard InChI is InChI=1S/C24H25F3N2O2/c1-15-11-19(31-24(25,26)27)7-8-20(15)17-6-9-21(16(2)10-17)23(30,22(3,4)5)18-12-28-14-29-13-18/h6-14,30H,1-5H3. The van der Waals surface area contributed by atoms with Gasteiger partial charge < -0.3 is 9.84 Å². The maximum absolute atomic E-state index is 12.5. The van der Waals surface area contributed by atoms with Crippen LogP contribution in [0.4, 0.5) is 13.2 Å². The summed E-state index contributed by atoms with van der Waals surface area (Å²) in [5.41, 5.74) is 2.51. The normalized spacial score (nSPS) is 14.2. The summed E-state index contributed by atoms with van der Waals surface area (Å²) >= 11 is 0. The minimum absolute atomic E-state index is 0.256. The minimum atomic E-state index is -4.73. The van der Waals surface area contributed by atoms with Gasteiger partial charge in [0.2, 0.25) is 0 Å². The fraction of sp³-hybridized carbons (Fsp3) is 0.333. The molecule has 0 bridgehead atoms. The molecule has 164 valence electrons. The van der Waals surface area contributed by atoms with Crippen molar-refractivity contribution >= 4 is 0 Å². The van der Waals surface area contributed by atoms with E-state index < -0.39 is 17.4 Å². The number of hydrogen-bond acceptors (Lipinski definition) is 4. The molecule has 1 heterocycles. The Kier molecular flexibility index (Phi) is 5.84. The molecule has 31 heavy (non-hydrogen) atoms. The van der Waals surface area contributed by atoms with E-state index in [0.29, 0.717) is 16.7 Å². The van der Waals surface area contributed by atoms with E-state index in [2.05, 4.69) is 14.7 Å². The van der Waals surface area contributed by atoms with E-state index in [1.807, 2.05) is 45.9 Å². The summed E-state index contributed by atoms with van der Waals surface area (Å²) < 4.78 is 41.5. The first-order chi connectivity index (χ1) is 14.3. The van der Waals surface area contributed by atoms with Crippen molar-refractivity contribution in [1.29, 1.82) is 0 Å². The number of ether oxygens (including phenoxy) is 1. The fourth-order valence-electron chi connectivity index (χ4n) is 3.87. The quantitative estimate of drug-likeness (QED) is 0.556. The first-order valence-electron chi connectivity index (χ1n) is 9.79. The first-order valence-corrected chi connectivity index (χ1v) is 9.79. The molecular weight excluding hydrogens is 405 g/mol. The molecule has 3 aromatic rings. The molecule has 3 rings (SSSR count). The number of hydrogen-bond donors (Lipinski definition) is 1. The van der Waals surface area contributed by atoms with Gasteiger partial charge in [-0.1, -0.05) is 45.0 Å². The Labute approximate surface area is 179 Å². The van der Waals surface area contributed by atoms with Crippen LogP contribution in [0, 0.1) is 19.3 Å². The average molecular weight is 430 g/mol. The van der Waals surface area contributed by atoms with E-state index in [1.165, 1.54) is 18.5 Å². The van der Waals surface area contributed by atoms with Gasteiger partial charge in [-0.2, -0.15) is 0 Å². The van der Waals surface area contributed by atoms with Crippen molar-refractivity contribution in [3.63, 3.8) is 0 Å². The van der Waals surface area contributed by atoms with E-state index in [1.54, 1.807) is 25.4 Å². The Bertz CT molecular complexity index is 1080. The predicted molar refractivity (Wildman–Crippen MR) is 113 cm³/mol. The summed E-state index contributed by atoms with van der Waals surface area (Å²) in [4.78, 5) is 8.13. The number of halogens is 3. The molecule has 7 heteroatoms. The Morgan fingerprint density at radius 3 is 2.03 bits per heavy atom. The van der Waals surface area contributed by atoms with Crippen LogP contribution in [0.25, 0.3) is 11.1 Å². The number of aromatic nitrogens is 2. The van der Waals surface area contributed by atoms with E-state index in [0.717, 1.165) is 16.7 Å². The van der Waals surface area contributed by atoms with Crippen LogP contribution in [-0.2, 0) is 5.60 Å². The summed E-state index contributed by atoms with van der Waals surface area (Å²) in [6, 6.07) is 9.89. The Hall–Kier alpha value is -2.93. The third kappa shape index (κ3) is 4.56. The predicted octanol–water partition coefficient (Wildman–Crippen LogP) is 5.94. The Morgan fingerprint density at radius 2 is 1.52 bits per heavy atom. The number of alkyl halides is 3. The van der Waals surface area contributed by atoms with Gasteiger partial charge in [0.15, 0.2) is 0 Å². The van der Waals surface area contributed by atoms with Crippen molar-refractivity contribution in [1.82, 2.24) is 9.97 Å². The third-order valence-electron chi connectivity index (χ3n) is 5.42. The highest BCUT2D eigenvalue weighted by Gasteiger charge is 2.44. The van der Waals surface area contributed by atoms with Crippen LogP contribution >= 0.6 is 0 Å². The number of benzene rings is 2. The molecule has 0 aliphatic rings. The molecular formula is C24H25F3N2O2. The van der Waals surface area contributed by atoms with Crippen molar-refractivity contribution in [2.45, 2.75) is 46.6 Å². The molecule has 2 aromatic carbocycles. The zero-order valence-corrected chi connectivity index (χ0v) is 18.1. The largest absolute Gasteiger partial charge is 0.573 e. The number of aryl methyl sites for hydroxylation is 2. The van der Waals surface area contributed by atoms with Gasteiger partial charge in [-0.15, -0.1) is 13.2 Å². The smallest absolute Gasteiger partial charge is 0.406 e. The molecule has 0 saturated carbocycles. The van der Waals surface area contributed by atoms with Crippen molar-refractivity contribution in [2.75, 3.05) is 0 Å². The maximum atomic E-state index is 12.5. The molecule has 0 fully saturated rings. The number of aliphatic hydroxyl groups is 1. The number of nitrogens with zero attached hydrogens (tertiary/aromatic N) is 2. The van der Waals surface area contributed by atoms with E-state index in [4.69, 9.17) is 0 Å². The summed E-state index contributed by atoms with van der Waals surface area (Å²) in [5, 5.41) is 11.8. The molecule has 0 aliphatic heterocycles. The Balaban J connectivity index is 2.05. The Morgan fingerprint density at radius 1 is 0.871 bits per heavy atom. The van der Waals surface area contributed by atoms with Crippen LogP contribution in [0.5, 0.6) is 5.75 Å². The zero-order chi connectivity index (χ0) is 23.0. The lowest BCUT2D eigenvalue weighted by Gasteiger charge is -2.41. The van der Waals surface area contributed by atoms with Gasteiger partial charge in [0.1, 0.15) is 17.7 Å². The van der Waals surface area contributed by atoms with Crippen LogP contribution in [0.1, 0.15) is 43.0 Å². The molecule has 0 saturated heterocycles. The number of rotatable bonds is 4. The van der Waals surface area contributed by atoms with E-state index in [9.17, 15) is 18.3 Å². The van der Waals surface area contributed by atoms with Gasteiger partial charge in [0.25, 0.3) is 0 Å². The second kappa shape index (κ2) is 7.96. The van der Waals surface area contributed by atoms with Crippen LogP contribution in [-0.4, -0.2) is 21.4 Å². The maximum Gasteiger partial charge on any atom is 0.573 e. The summed E-state index contributed by atoms with van der Waals surface area (Å²) in [7, 11) is 0. The molecule has 4 nitrogen and oxygen atoms in total. The zero-order valence-electron chi connectivity index (χ0n) is 18.1. The van der Waals surface area contributed by atoms with Gasteiger partial charge in [-0.3, -0.25) is 0 Å². The van der Waals surface area contributed by atoms with Crippen molar-refractivity contribution < 1.29 is 23.0 Å². The fourth-order valence-corrected chi connectivity index (χ4v) is 3.87. The molecule has 1 unspecified atom stereocenters. The van der Waals surface area contributed by atoms with E-state index in [-0.39, 0.29) is 5.75 Å². The lowest BCUT2D eigenvalue weighted by atomic mass is 9.67. The van der Waals surface area contributed by atoms with Gasteiger partial charge in [-0.25, -0.2) is 9.97 Å². The monoisotopic (exact) mass is 430 g/mol. The minimum Gasteiger partial charge on any atom is -0.406 e. The van der Waals surface area contributed by atoms with Gasteiger partial charge >= 0.3 is 6.36 Å². The SMILES string of the molecule is Cc1cc(OC(F)(F)F)ccc1-c1ccc(C(O)(c2cncnc2)C(C)(C)C)c(C)c1. The van der Waals surface area contributed by atoms with Gasteiger partial charge in [0.05, 0.1) is 0 Å².